The number of nitrogens with one attached hydrogen (secondary N) is 1. The number of rotatable bonds is 4. The Hall–Kier alpha value is -0.910. The van der Waals surface area contributed by atoms with Crippen LogP contribution in [-0.2, 0) is 11.3 Å². The molecule has 1 N–H and O–H groups in total. The van der Waals surface area contributed by atoms with Crippen LogP contribution in [0.25, 0.3) is 4.96 Å². The van der Waals surface area contributed by atoms with E-state index in [1.807, 2.05) is 0 Å². The standard InChI is InChI=1S/C12H17N3OS/c1-9-11(15-4-6-17-12(15)14-9)8-13-7-10-3-2-5-16-10/h4,6,10,13H,2-3,5,7-8H2,1H3. The van der Waals surface area contributed by atoms with E-state index in [-0.39, 0.29) is 0 Å². The Labute approximate surface area is 105 Å². The number of fused-ring (bicyclic) bond motifs is 1. The van der Waals surface area contributed by atoms with Crippen LogP contribution < -0.4 is 5.32 Å². The molecule has 0 radical (unpaired) electrons. The van der Waals surface area contributed by atoms with Crippen LogP contribution in [0.2, 0.25) is 0 Å². The molecule has 0 amide bonds. The highest BCUT2D eigenvalue weighted by atomic mass is 32.1. The zero-order valence-electron chi connectivity index (χ0n) is 9.98. The van der Waals surface area contributed by atoms with Crippen molar-refractivity contribution < 1.29 is 4.74 Å². The Morgan fingerprint density at radius 3 is 3.41 bits per heavy atom. The van der Waals surface area contributed by atoms with Crippen LogP contribution in [0.1, 0.15) is 24.2 Å². The minimum Gasteiger partial charge on any atom is -0.377 e. The summed E-state index contributed by atoms with van der Waals surface area (Å²) in [6.07, 6.45) is 4.88. The van der Waals surface area contributed by atoms with Gasteiger partial charge in [-0.3, -0.25) is 4.40 Å². The summed E-state index contributed by atoms with van der Waals surface area (Å²) in [5.41, 5.74) is 2.39. The predicted molar refractivity (Wildman–Crippen MR) is 68.5 cm³/mol. The lowest BCUT2D eigenvalue weighted by molar-refractivity contribution is 0.110. The van der Waals surface area contributed by atoms with Crippen molar-refractivity contribution in [3.8, 4) is 0 Å². The zero-order valence-corrected chi connectivity index (χ0v) is 10.8. The molecule has 4 nitrogen and oxygen atoms in total. The van der Waals surface area contributed by atoms with Gasteiger partial charge < -0.3 is 10.1 Å². The first-order valence-corrected chi connectivity index (χ1v) is 6.96. The lowest BCUT2D eigenvalue weighted by atomic mass is 10.2. The Bertz CT molecular complexity index is 499. The molecule has 0 spiro atoms. The molecule has 1 unspecified atom stereocenters. The molecule has 3 heterocycles. The first-order valence-electron chi connectivity index (χ1n) is 6.08. The highest BCUT2D eigenvalue weighted by molar-refractivity contribution is 7.15. The summed E-state index contributed by atoms with van der Waals surface area (Å²) < 4.78 is 7.76. The summed E-state index contributed by atoms with van der Waals surface area (Å²) in [5.74, 6) is 0. The van der Waals surface area contributed by atoms with Crippen molar-refractivity contribution in [3.63, 3.8) is 0 Å². The lowest BCUT2D eigenvalue weighted by Gasteiger charge is -2.10. The molecular weight excluding hydrogens is 234 g/mol. The minimum absolute atomic E-state index is 0.404. The average molecular weight is 251 g/mol. The van der Waals surface area contributed by atoms with Gasteiger partial charge >= 0.3 is 0 Å². The van der Waals surface area contributed by atoms with Crippen LogP contribution in [-0.4, -0.2) is 28.6 Å². The molecule has 1 fully saturated rings. The smallest absolute Gasteiger partial charge is 0.194 e. The van der Waals surface area contributed by atoms with Gasteiger partial charge in [-0.05, 0) is 19.8 Å². The summed E-state index contributed by atoms with van der Waals surface area (Å²) in [7, 11) is 0. The van der Waals surface area contributed by atoms with Gasteiger partial charge in [-0.2, -0.15) is 0 Å². The summed E-state index contributed by atoms with van der Waals surface area (Å²) in [6, 6.07) is 0. The molecule has 1 aliphatic heterocycles. The zero-order chi connectivity index (χ0) is 11.7. The van der Waals surface area contributed by atoms with Crippen molar-refractivity contribution in [1.82, 2.24) is 14.7 Å². The van der Waals surface area contributed by atoms with E-state index in [4.69, 9.17) is 4.74 Å². The van der Waals surface area contributed by atoms with Crippen LogP contribution in [0, 0.1) is 6.92 Å². The Morgan fingerprint density at radius 1 is 1.65 bits per heavy atom. The third-order valence-electron chi connectivity index (χ3n) is 3.25. The Morgan fingerprint density at radius 2 is 2.59 bits per heavy atom. The molecule has 1 aliphatic rings. The molecule has 0 bridgehead atoms. The molecule has 92 valence electrons. The minimum atomic E-state index is 0.404. The number of aromatic nitrogens is 2. The topological polar surface area (TPSA) is 38.6 Å². The second-order valence-electron chi connectivity index (χ2n) is 4.47. The van der Waals surface area contributed by atoms with Crippen LogP contribution in [0.3, 0.4) is 0 Å². The largest absolute Gasteiger partial charge is 0.377 e. The maximum absolute atomic E-state index is 5.59. The van der Waals surface area contributed by atoms with E-state index < -0.39 is 0 Å². The third-order valence-corrected chi connectivity index (χ3v) is 4.01. The van der Waals surface area contributed by atoms with Gasteiger partial charge in [-0.1, -0.05) is 0 Å². The number of nitrogens with zero attached hydrogens (tertiary/aromatic N) is 2. The molecule has 17 heavy (non-hydrogen) atoms. The fraction of sp³-hybridized carbons (Fsp3) is 0.583. The second kappa shape index (κ2) is 4.76. The number of hydrogen-bond donors (Lipinski definition) is 1. The van der Waals surface area contributed by atoms with Crippen molar-refractivity contribution in [2.75, 3.05) is 13.2 Å². The van der Waals surface area contributed by atoms with Gasteiger partial charge in [-0.25, -0.2) is 4.98 Å². The number of hydrogen-bond acceptors (Lipinski definition) is 4. The van der Waals surface area contributed by atoms with Crippen molar-refractivity contribution in [3.05, 3.63) is 23.0 Å². The summed E-state index contributed by atoms with van der Waals surface area (Å²) in [5, 5.41) is 5.55. The van der Waals surface area contributed by atoms with Gasteiger partial charge in [0.05, 0.1) is 17.5 Å². The van der Waals surface area contributed by atoms with Gasteiger partial charge in [0.15, 0.2) is 4.96 Å². The molecule has 0 saturated carbocycles. The van der Waals surface area contributed by atoms with E-state index in [1.165, 1.54) is 18.5 Å². The van der Waals surface area contributed by atoms with E-state index in [0.717, 1.165) is 30.4 Å². The first-order chi connectivity index (χ1) is 8.34. The van der Waals surface area contributed by atoms with E-state index in [9.17, 15) is 0 Å². The normalized spacial score (nSPS) is 20.4. The van der Waals surface area contributed by atoms with Gasteiger partial charge in [0.1, 0.15) is 0 Å². The maximum Gasteiger partial charge on any atom is 0.194 e. The van der Waals surface area contributed by atoms with Gasteiger partial charge in [0, 0.05) is 31.3 Å². The SMILES string of the molecule is Cc1nc2sccn2c1CNCC1CCCO1. The lowest BCUT2D eigenvalue weighted by Crippen LogP contribution is -2.26. The van der Waals surface area contributed by atoms with Gasteiger partial charge in [-0.15, -0.1) is 11.3 Å². The fourth-order valence-corrected chi connectivity index (χ4v) is 3.09. The van der Waals surface area contributed by atoms with Crippen molar-refractivity contribution >= 4 is 16.3 Å². The van der Waals surface area contributed by atoms with E-state index >= 15 is 0 Å². The van der Waals surface area contributed by atoms with Crippen molar-refractivity contribution in [2.24, 2.45) is 0 Å². The second-order valence-corrected chi connectivity index (χ2v) is 5.34. The third kappa shape index (κ3) is 2.22. The van der Waals surface area contributed by atoms with Crippen molar-refractivity contribution in [1.29, 1.82) is 0 Å². The van der Waals surface area contributed by atoms with E-state index in [1.54, 1.807) is 11.3 Å². The van der Waals surface area contributed by atoms with E-state index in [0.29, 0.717) is 6.10 Å². The molecule has 1 atom stereocenters. The summed E-state index contributed by atoms with van der Waals surface area (Å²) >= 11 is 1.68. The molecule has 1 saturated heterocycles. The number of imidazole rings is 1. The summed E-state index contributed by atoms with van der Waals surface area (Å²) in [6.45, 7) is 4.80. The van der Waals surface area contributed by atoms with Crippen LogP contribution >= 0.6 is 11.3 Å². The average Bonchev–Trinajstić information content (AvgIpc) is 2.98. The van der Waals surface area contributed by atoms with Crippen LogP contribution in [0.4, 0.5) is 0 Å². The van der Waals surface area contributed by atoms with Gasteiger partial charge in [0.2, 0.25) is 0 Å². The molecule has 3 rings (SSSR count). The highest BCUT2D eigenvalue weighted by Crippen LogP contribution is 2.17. The number of thiazole rings is 1. The molecule has 5 heteroatoms. The number of ether oxygens (including phenoxy) is 1. The maximum atomic E-state index is 5.59. The Kier molecular flexibility index (Phi) is 3.13. The monoisotopic (exact) mass is 251 g/mol. The molecule has 0 aliphatic carbocycles. The molecule has 2 aromatic rings. The molecule has 0 aromatic carbocycles. The van der Waals surface area contributed by atoms with Gasteiger partial charge in [0.25, 0.3) is 0 Å². The van der Waals surface area contributed by atoms with Crippen LogP contribution in [0.15, 0.2) is 11.6 Å². The molecule has 2 aromatic heterocycles. The fourth-order valence-electron chi connectivity index (χ4n) is 2.31. The van der Waals surface area contributed by atoms with E-state index in [2.05, 4.69) is 33.2 Å². The first kappa shape index (κ1) is 11.2. The van der Waals surface area contributed by atoms with Crippen molar-refractivity contribution in [2.45, 2.75) is 32.4 Å². The summed E-state index contributed by atoms with van der Waals surface area (Å²) in [4.78, 5) is 5.61. The highest BCUT2D eigenvalue weighted by Gasteiger charge is 2.15. The van der Waals surface area contributed by atoms with Crippen LogP contribution in [0.5, 0.6) is 0 Å². The quantitative estimate of drug-likeness (QED) is 0.903. The predicted octanol–water partition coefficient (Wildman–Crippen LogP) is 1.97. The number of aryl methyl sites for hydroxylation is 1. The molecular formula is C12H17N3OS. The Balaban J connectivity index is 1.63.